The van der Waals surface area contributed by atoms with E-state index in [2.05, 4.69) is 35.4 Å². The molecule has 1 atom stereocenters. The van der Waals surface area contributed by atoms with E-state index in [-0.39, 0.29) is 106 Å². The number of aromatic nitrogens is 5. The molecule has 7 aromatic rings. The highest BCUT2D eigenvalue weighted by Gasteiger charge is 2.53. The summed E-state index contributed by atoms with van der Waals surface area (Å²) in [5.41, 5.74) is 5.72. The minimum absolute atomic E-state index is 0.0732. The molecule has 0 radical (unpaired) electrons. The van der Waals surface area contributed by atoms with Gasteiger partial charge in [0.25, 0.3) is 11.8 Å². The minimum Gasteiger partial charge on any atom is -0.479 e. The predicted octanol–water partition coefficient (Wildman–Crippen LogP) is 7.25. The quantitative estimate of drug-likeness (QED) is 0.0565. The zero-order chi connectivity index (χ0) is 58.3. The highest BCUT2D eigenvalue weighted by Crippen LogP contribution is 2.52. The van der Waals surface area contributed by atoms with Gasteiger partial charge in [0.2, 0.25) is 23.6 Å². The molecule has 434 valence electrons. The van der Waals surface area contributed by atoms with Crippen LogP contribution in [-0.4, -0.2) is 140 Å². The van der Waals surface area contributed by atoms with E-state index in [0.717, 1.165) is 31.8 Å². The van der Waals surface area contributed by atoms with Gasteiger partial charge in [0, 0.05) is 95.9 Å². The van der Waals surface area contributed by atoms with Gasteiger partial charge in [-0.15, -0.1) is 25.2 Å². The fourth-order valence-electron chi connectivity index (χ4n) is 10.8. The standard InChI is InChI=1S/C59H55ClF2N10O11S/c1-34-5-8-48(66-57(78)58(13-14-58)38-6-7-45-46(28-38)83-59(61,62)82-45)65-52(34)35-3-2-4-36(25-35)55(76)64-16-17-71-31-40(67-68-71)33-80-24-23-79-22-12-49(73)69-18-20-70(21-19-69)56(77)47-27-37-26-39(60)29-43(53(37)81-47)42-11-15-63-44-30-41(84-54(42)44)32-72-50(74)9-10-51(72)75/h2-8,11,15,25-26,28-31,47H,9-10,12-14,16-24,27,32-33H2,1H3,(H,64,76)(H,65,66,78)/t47-/m1/s1. The van der Waals surface area contributed by atoms with E-state index in [1.54, 1.807) is 57.2 Å². The van der Waals surface area contributed by atoms with Crippen LogP contribution in [0.1, 0.15) is 69.7 Å². The lowest BCUT2D eigenvalue weighted by Gasteiger charge is -2.35. The molecule has 1 aliphatic carbocycles. The van der Waals surface area contributed by atoms with Crippen molar-refractivity contribution in [2.45, 2.75) is 83.0 Å². The lowest BCUT2D eigenvalue weighted by atomic mass is 9.94. The topological polar surface area (TPSA) is 239 Å². The number of carbonyl (C=O) groups excluding carboxylic acids is 6. The molecular formula is C59H55ClF2N10O11S. The number of likely N-dealkylation sites (tertiary alicyclic amines) is 1. The molecule has 5 aliphatic rings. The summed E-state index contributed by atoms with van der Waals surface area (Å²) in [5.74, 6) is -0.588. The number of nitrogens with one attached hydrogen (secondary N) is 2. The van der Waals surface area contributed by atoms with E-state index < -0.39 is 17.8 Å². The first-order chi connectivity index (χ1) is 40.6. The van der Waals surface area contributed by atoms with Crippen LogP contribution in [0, 0.1) is 6.92 Å². The molecule has 0 spiro atoms. The average molecular weight is 1190 g/mol. The summed E-state index contributed by atoms with van der Waals surface area (Å²) in [7, 11) is 0. The number of imide groups is 1. The van der Waals surface area contributed by atoms with Gasteiger partial charge >= 0.3 is 6.29 Å². The monoisotopic (exact) mass is 1180 g/mol. The van der Waals surface area contributed by atoms with Crippen LogP contribution in [-0.2, 0) is 65.0 Å². The van der Waals surface area contributed by atoms with Crippen molar-refractivity contribution in [2.24, 2.45) is 0 Å². The molecule has 84 heavy (non-hydrogen) atoms. The number of alkyl halides is 2. The van der Waals surface area contributed by atoms with Crippen LogP contribution in [0.4, 0.5) is 14.6 Å². The van der Waals surface area contributed by atoms with Gasteiger partial charge < -0.3 is 44.1 Å². The third-order valence-corrected chi connectivity index (χ3v) is 16.8. The van der Waals surface area contributed by atoms with E-state index in [9.17, 15) is 37.5 Å². The van der Waals surface area contributed by atoms with E-state index >= 15 is 0 Å². The Morgan fingerprint density at radius 2 is 1.65 bits per heavy atom. The number of pyridine rings is 2. The van der Waals surface area contributed by atoms with Gasteiger partial charge in [0.05, 0.1) is 73.5 Å². The first-order valence-corrected chi connectivity index (χ1v) is 28.6. The second-order valence-corrected chi connectivity index (χ2v) is 22.6. The van der Waals surface area contributed by atoms with E-state index in [0.29, 0.717) is 102 Å². The smallest absolute Gasteiger partial charge is 0.479 e. The van der Waals surface area contributed by atoms with E-state index in [4.69, 9.17) is 30.8 Å². The summed E-state index contributed by atoms with van der Waals surface area (Å²) >= 11 is 8.10. The average Bonchev–Trinajstić information content (AvgIpc) is 1.89. The van der Waals surface area contributed by atoms with Gasteiger partial charge in [-0.1, -0.05) is 41.1 Å². The number of amides is 6. The highest BCUT2D eigenvalue weighted by molar-refractivity contribution is 7.19. The summed E-state index contributed by atoms with van der Waals surface area (Å²) < 4.78 is 56.7. The molecule has 0 unspecified atom stereocenters. The first-order valence-electron chi connectivity index (χ1n) is 27.5. The third-order valence-electron chi connectivity index (χ3n) is 15.4. The predicted molar refractivity (Wildman–Crippen MR) is 300 cm³/mol. The maximum Gasteiger partial charge on any atom is 0.586 e. The largest absolute Gasteiger partial charge is 0.586 e. The summed E-state index contributed by atoms with van der Waals surface area (Å²) in [5, 5.41) is 14.6. The van der Waals surface area contributed by atoms with Crippen LogP contribution in [0.2, 0.25) is 5.02 Å². The number of nitrogens with zero attached hydrogens (tertiary/aromatic N) is 8. The molecule has 6 amide bonds. The minimum atomic E-state index is -3.76. The fraction of sp³-hybridized carbons (Fsp3) is 0.356. The Labute approximate surface area is 488 Å². The first kappa shape index (κ1) is 56.1. The van der Waals surface area contributed by atoms with Crippen molar-refractivity contribution in [1.29, 1.82) is 0 Å². The Hall–Kier alpha value is -8.45. The lowest BCUT2D eigenvalue weighted by Crippen LogP contribution is -2.53. The number of rotatable bonds is 20. The Bertz CT molecular complexity index is 3760. The maximum atomic E-state index is 13.9. The third kappa shape index (κ3) is 11.9. The molecule has 0 bridgehead atoms. The van der Waals surface area contributed by atoms with Crippen LogP contribution in [0.15, 0.2) is 91.3 Å². The molecule has 8 heterocycles. The van der Waals surface area contributed by atoms with E-state index in [1.165, 1.54) is 28.4 Å². The molecule has 4 aliphatic heterocycles. The van der Waals surface area contributed by atoms with Crippen LogP contribution < -0.4 is 24.8 Å². The molecule has 3 fully saturated rings. The molecule has 2 N–H and O–H groups in total. The number of hydrogen-bond acceptors (Lipinski definition) is 16. The molecule has 12 rings (SSSR count). The molecule has 2 saturated heterocycles. The number of piperazine rings is 1. The van der Waals surface area contributed by atoms with Gasteiger partial charge in [0.1, 0.15) is 17.3 Å². The number of fused-ring (bicyclic) bond motifs is 3. The number of halogens is 3. The summed E-state index contributed by atoms with van der Waals surface area (Å²) in [4.78, 5) is 93.4. The molecule has 1 saturated carbocycles. The number of carbonyl (C=O) groups is 6. The zero-order valence-electron chi connectivity index (χ0n) is 45.4. The Kier molecular flexibility index (Phi) is 15.6. The van der Waals surface area contributed by atoms with Crippen molar-refractivity contribution >= 4 is 74.4 Å². The normalized spacial score (nSPS) is 17.4. The fourth-order valence-corrected chi connectivity index (χ4v) is 12.2. The number of benzene rings is 3. The number of thiophene rings is 1. The van der Waals surface area contributed by atoms with Gasteiger partial charge in [0.15, 0.2) is 17.6 Å². The van der Waals surface area contributed by atoms with Crippen LogP contribution >= 0.6 is 22.9 Å². The molecule has 25 heteroatoms. The summed E-state index contributed by atoms with van der Waals surface area (Å²) in [6.07, 6.45) is 0.876. The zero-order valence-corrected chi connectivity index (χ0v) is 46.9. The number of aryl methyl sites for hydroxylation is 1. The van der Waals surface area contributed by atoms with Crippen molar-refractivity contribution in [3.8, 4) is 39.6 Å². The van der Waals surface area contributed by atoms with E-state index in [1.807, 2.05) is 43.3 Å². The Morgan fingerprint density at radius 3 is 2.46 bits per heavy atom. The molecular weight excluding hydrogens is 1130 g/mol. The molecule has 21 nitrogen and oxygen atoms in total. The molecule has 4 aromatic heterocycles. The second kappa shape index (κ2) is 23.3. The highest BCUT2D eigenvalue weighted by atomic mass is 35.5. The van der Waals surface area contributed by atoms with Crippen molar-refractivity contribution in [3.05, 3.63) is 129 Å². The SMILES string of the molecule is Cc1ccc(NC(=O)C2(c3ccc4c(c3)OC(F)(F)O4)CC2)nc1-c1cccc(C(=O)NCCn2cc(COCCOCCC(=O)N3CCN(C(=O)[C@H]4Cc5cc(Cl)cc(-c6ccnc7cc(CN8C(=O)CCC8=O)sc67)c5O4)CC3)nn2)c1. The van der Waals surface area contributed by atoms with Gasteiger partial charge in [-0.25, -0.2) is 4.98 Å². The Morgan fingerprint density at radius 1 is 0.869 bits per heavy atom. The van der Waals surface area contributed by atoms with Crippen molar-refractivity contribution in [2.75, 3.05) is 57.9 Å². The number of anilines is 1. The summed E-state index contributed by atoms with van der Waals surface area (Å²) in [6.45, 7) is 5.03. The number of ether oxygens (including phenoxy) is 5. The van der Waals surface area contributed by atoms with Gasteiger partial charge in [-0.3, -0.25) is 43.3 Å². The number of hydrogen-bond donors (Lipinski definition) is 2. The van der Waals surface area contributed by atoms with Gasteiger partial charge in [-0.2, -0.15) is 0 Å². The Balaban J connectivity index is 0.539. The van der Waals surface area contributed by atoms with Crippen molar-refractivity contribution < 1.29 is 61.2 Å². The summed E-state index contributed by atoms with van der Waals surface area (Å²) in [6, 6.07) is 22.3. The van der Waals surface area contributed by atoms with Crippen LogP contribution in [0.5, 0.6) is 17.2 Å². The van der Waals surface area contributed by atoms with Gasteiger partial charge in [-0.05, 0) is 85.5 Å². The van der Waals surface area contributed by atoms with Crippen LogP contribution in [0.25, 0.3) is 32.6 Å². The maximum absolute atomic E-state index is 13.9. The molecule has 3 aromatic carbocycles. The second-order valence-electron chi connectivity index (χ2n) is 21.1. The van der Waals surface area contributed by atoms with Crippen molar-refractivity contribution in [3.63, 3.8) is 0 Å². The van der Waals surface area contributed by atoms with Crippen molar-refractivity contribution in [1.82, 2.24) is 45.0 Å². The van der Waals surface area contributed by atoms with Crippen LogP contribution in [0.3, 0.4) is 0 Å². The lowest BCUT2D eigenvalue weighted by molar-refractivity contribution is -0.286.